The molecule has 4 heteroatoms. The van der Waals surface area contributed by atoms with Gasteiger partial charge in [-0.15, -0.1) is 0 Å². The fourth-order valence-electron chi connectivity index (χ4n) is 3.29. The highest BCUT2D eigenvalue weighted by Crippen LogP contribution is 2.44. The second kappa shape index (κ2) is 5.17. The molecular weight excluding hydrogens is 308 g/mol. The molecule has 0 radical (unpaired) electrons. The van der Waals surface area contributed by atoms with E-state index in [1.54, 1.807) is 0 Å². The first-order valence-corrected chi connectivity index (χ1v) is 7.74. The van der Waals surface area contributed by atoms with Crippen LogP contribution in [0.1, 0.15) is 25.7 Å². The third-order valence-corrected chi connectivity index (χ3v) is 4.91. The molecule has 0 saturated heterocycles. The molecule has 0 heterocycles. The molecule has 2 aliphatic rings. The lowest BCUT2D eigenvalue weighted by Gasteiger charge is -2.24. The average Bonchev–Trinajstić information content (AvgIpc) is 2.94. The van der Waals surface area contributed by atoms with Crippen LogP contribution in [0, 0.1) is 11.8 Å². The van der Waals surface area contributed by atoms with E-state index in [1.165, 1.54) is 25.7 Å². The van der Waals surface area contributed by atoms with E-state index in [1.807, 2.05) is 24.3 Å². The van der Waals surface area contributed by atoms with Crippen molar-refractivity contribution >= 4 is 38.9 Å². The Labute approximate surface area is 122 Å². The highest BCUT2D eigenvalue weighted by atomic mass is 79.9. The van der Waals surface area contributed by atoms with E-state index in [0.29, 0.717) is 6.04 Å². The smallest absolute Gasteiger partial charge is 0.171 e. The molecule has 3 atom stereocenters. The topological polar surface area (TPSA) is 24.1 Å². The Morgan fingerprint density at radius 3 is 2.56 bits per heavy atom. The second-order valence-corrected chi connectivity index (χ2v) is 6.71. The summed E-state index contributed by atoms with van der Waals surface area (Å²) in [7, 11) is 0. The van der Waals surface area contributed by atoms with Crippen molar-refractivity contribution in [3.8, 4) is 0 Å². The van der Waals surface area contributed by atoms with Crippen LogP contribution < -0.4 is 10.6 Å². The normalized spacial score (nSPS) is 29.3. The predicted octanol–water partition coefficient (Wildman–Crippen LogP) is 3.92. The van der Waals surface area contributed by atoms with Crippen LogP contribution in [-0.2, 0) is 0 Å². The Kier molecular flexibility index (Phi) is 3.57. The SMILES string of the molecule is S=C(Nc1ccc(Br)cc1)N[C@@H]1C[C@H]2CC[C@@H]1C2. The maximum Gasteiger partial charge on any atom is 0.171 e. The Balaban J connectivity index is 1.54. The molecular formula is C14H17BrN2S. The predicted molar refractivity (Wildman–Crippen MR) is 82.7 cm³/mol. The quantitative estimate of drug-likeness (QED) is 0.806. The number of anilines is 1. The number of nitrogens with one attached hydrogen (secondary N) is 2. The van der Waals surface area contributed by atoms with Gasteiger partial charge >= 0.3 is 0 Å². The maximum atomic E-state index is 5.39. The summed E-state index contributed by atoms with van der Waals surface area (Å²) in [5.41, 5.74) is 1.04. The van der Waals surface area contributed by atoms with Gasteiger partial charge in [-0.1, -0.05) is 22.4 Å². The zero-order valence-corrected chi connectivity index (χ0v) is 12.6. The van der Waals surface area contributed by atoms with E-state index in [-0.39, 0.29) is 0 Å². The van der Waals surface area contributed by atoms with E-state index in [4.69, 9.17) is 12.2 Å². The molecule has 2 fully saturated rings. The molecule has 0 aliphatic heterocycles. The molecule has 1 aromatic carbocycles. The average molecular weight is 325 g/mol. The molecule has 2 aliphatic carbocycles. The third kappa shape index (κ3) is 2.69. The van der Waals surface area contributed by atoms with Crippen molar-refractivity contribution in [1.82, 2.24) is 5.32 Å². The van der Waals surface area contributed by atoms with Crippen molar-refractivity contribution < 1.29 is 0 Å². The lowest BCUT2D eigenvalue weighted by molar-refractivity contribution is 0.392. The second-order valence-electron chi connectivity index (χ2n) is 5.39. The Morgan fingerprint density at radius 1 is 1.17 bits per heavy atom. The summed E-state index contributed by atoms with van der Waals surface area (Å²) < 4.78 is 1.08. The van der Waals surface area contributed by atoms with Gasteiger partial charge in [-0.25, -0.2) is 0 Å². The van der Waals surface area contributed by atoms with Gasteiger partial charge in [0, 0.05) is 16.2 Å². The number of benzene rings is 1. The number of rotatable bonds is 2. The lowest BCUT2D eigenvalue weighted by atomic mass is 9.96. The van der Waals surface area contributed by atoms with Crippen LogP contribution in [0.2, 0.25) is 0 Å². The zero-order chi connectivity index (χ0) is 12.5. The van der Waals surface area contributed by atoms with E-state index >= 15 is 0 Å². The van der Waals surface area contributed by atoms with Crippen molar-refractivity contribution in [2.45, 2.75) is 31.7 Å². The summed E-state index contributed by atoms with van der Waals surface area (Å²) >= 11 is 8.82. The fourth-order valence-corrected chi connectivity index (χ4v) is 3.82. The highest BCUT2D eigenvalue weighted by Gasteiger charge is 2.39. The lowest BCUT2D eigenvalue weighted by Crippen LogP contribution is -2.40. The van der Waals surface area contributed by atoms with E-state index in [0.717, 1.165) is 27.1 Å². The largest absolute Gasteiger partial charge is 0.359 e. The molecule has 2 bridgehead atoms. The zero-order valence-electron chi connectivity index (χ0n) is 10.2. The van der Waals surface area contributed by atoms with Gasteiger partial charge in [-0.3, -0.25) is 0 Å². The number of hydrogen-bond acceptors (Lipinski definition) is 1. The highest BCUT2D eigenvalue weighted by molar-refractivity contribution is 9.10. The van der Waals surface area contributed by atoms with Gasteiger partial charge in [-0.05, 0) is 67.6 Å². The molecule has 18 heavy (non-hydrogen) atoms. The summed E-state index contributed by atoms with van der Waals surface area (Å²) in [4.78, 5) is 0. The first-order chi connectivity index (χ1) is 8.70. The summed E-state index contributed by atoms with van der Waals surface area (Å²) in [6.45, 7) is 0. The minimum absolute atomic E-state index is 0.596. The van der Waals surface area contributed by atoms with Crippen molar-refractivity contribution in [3.63, 3.8) is 0 Å². The molecule has 96 valence electrons. The molecule has 2 nitrogen and oxygen atoms in total. The summed E-state index contributed by atoms with van der Waals surface area (Å²) in [5.74, 6) is 1.79. The summed E-state index contributed by atoms with van der Waals surface area (Å²) in [5, 5.41) is 7.50. The number of thiocarbonyl (C=S) groups is 1. The van der Waals surface area contributed by atoms with Crippen molar-refractivity contribution in [3.05, 3.63) is 28.7 Å². The minimum atomic E-state index is 0.596. The van der Waals surface area contributed by atoms with Gasteiger partial charge in [0.05, 0.1) is 0 Å². The molecule has 1 aromatic rings. The summed E-state index contributed by atoms with van der Waals surface area (Å²) in [6.07, 6.45) is 5.50. The van der Waals surface area contributed by atoms with Crippen LogP contribution in [0.4, 0.5) is 5.69 Å². The standard InChI is InChI=1S/C14H17BrN2S/c15-11-3-5-12(6-4-11)16-14(18)17-13-8-9-1-2-10(13)7-9/h3-6,9-10,13H,1-2,7-8H2,(H2,16,17,18)/t9-,10+,13+/m0/s1. The van der Waals surface area contributed by atoms with Crippen LogP contribution in [-0.4, -0.2) is 11.2 Å². The molecule has 2 saturated carbocycles. The molecule has 3 rings (SSSR count). The van der Waals surface area contributed by atoms with Gasteiger partial charge in [0.2, 0.25) is 0 Å². The van der Waals surface area contributed by atoms with Crippen LogP contribution in [0.15, 0.2) is 28.7 Å². The fraction of sp³-hybridized carbons (Fsp3) is 0.500. The monoisotopic (exact) mass is 324 g/mol. The first-order valence-electron chi connectivity index (χ1n) is 6.54. The van der Waals surface area contributed by atoms with Crippen molar-refractivity contribution in [1.29, 1.82) is 0 Å². The molecule has 0 aromatic heterocycles. The van der Waals surface area contributed by atoms with E-state index < -0.39 is 0 Å². The Bertz CT molecular complexity index is 446. The van der Waals surface area contributed by atoms with Crippen molar-refractivity contribution in [2.24, 2.45) is 11.8 Å². The number of fused-ring (bicyclic) bond motifs is 2. The Hall–Kier alpha value is -0.610. The molecule has 0 amide bonds. The molecule has 0 unspecified atom stereocenters. The van der Waals surface area contributed by atoms with Gasteiger partial charge in [0.25, 0.3) is 0 Å². The van der Waals surface area contributed by atoms with E-state index in [2.05, 4.69) is 26.6 Å². The Morgan fingerprint density at radius 2 is 1.94 bits per heavy atom. The first kappa shape index (κ1) is 12.4. The van der Waals surface area contributed by atoms with Crippen LogP contribution in [0.25, 0.3) is 0 Å². The molecule has 0 spiro atoms. The maximum absolute atomic E-state index is 5.39. The van der Waals surface area contributed by atoms with Gasteiger partial charge < -0.3 is 10.6 Å². The van der Waals surface area contributed by atoms with Crippen LogP contribution >= 0.6 is 28.1 Å². The van der Waals surface area contributed by atoms with Crippen molar-refractivity contribution in [2.75, 3.05) is 5.32 Å². The summed E-state index contributed by atoms with van der Waals surface area (Å²) in [6, 6.07) is 8.68. The van der Waals surface area contributed by atoms with Gasteiger partial charge in [0.15, 0.2) is 5.11 Å². The third-order valence-electron chi connectivity index (χ3n) is 4.16. The van der Waals surface area contributed by atoms with E-state index in [9.17, 15) is 0 Å². The minimum Gasteiger partial charge on any atom is -0.359 e. The number of halogens is 1. The van der Waals surface area contributed by atoms with Gasteiger partial charge in [0.1, 0.15) is 0 Å². The van der Waals surface area contributed by atoms with Crippen LogP contribution in [0.5, 0.6) is 0 Å². The number of hydrogen-bond donors (Lipinski definition) is 2. The van der Waals surface area contributed by atoms with Crippen LogP contribution in [0.3, 0.4) is 0 Å². The molecule has 2 N–H and O–H groups in total. The van der Waals surface area contributed by atoms with Gasteiger partial charge in [-0.2, -0.15) is 0 Å².